The molecule has 3 unspecified atom stereocenters. The number of hydrogen-bond donors (Lipinski definition) is 0. The maximum atomic E-state index is 13.0. The fourth-order valence-corrected chi connectivity index (χ4v) is 3.68. The molecule has 3 heteroatoms. The van der Waals surface area contributed by atoms with Gasteiger partial charge in [0.2, 0.25) is 5.78 Å². The minimum Gasteiger partial charge on any atom is -0.295 e. The number of rotatable bonds is 8. The van der Waals surface area contributed by atoms with Gasteiger partial charge < -0.3 is 0 Å². The number of allylic oxidation sites excluding steroid dienone is 4. The summed E-state index contributed by atoms with van der Waals surface area (Å²) in [7, 11) is 0. The molecule has 0 saturated heterocycles. The summed E-state index contributed by atoms with van der Waals surface area (Å²) < 4.78 is 0. The number of fused-ring (bicyclic) bond motifs is 1. The van der Waals surface area contributed by atoms with Crippen LogP contribution in [0.4, 0.5) is 0 Å². The van der Waals surface area contributed by atoms with Crippen molar-refractivity contribution in [3.8, 4) is 0 Å². The number of carbonyl (C=O) groups is 3. The molecule has 0 aromatic heterocycles. The molecule has 144 valence electrons. The van der Waals surface area contributed by atoms with Crippen LogP contribution in [0.25, 0.3) is 5.57 Å². The average Bonchev–Trinajstić information content (AvgIpc) is 2.70. The molecule has 1 aliphatic rings. The Hall–Kier alpha value is -2.29. The molecule has 3 nitrogen and oxygen atoms in total. The topological polar surface area (TPSA) is 51.2 Å². The average molecular weight is 367 g/mol. The van der Waals surface area contributed by atoms with Gasteiger partial charge in [0.15, 0.2) is 12.1 Å². The van der Waals surface area contributed by atoms with Crippen LogP contribution >= 0.6 is 0 Å². The van der Waals surface area contributed by atoms with Crippen molar-refractivity contribution < 1.29 is 14.4 Å². The van der Waals surface area contributed by atoms with E-state index in [-0.39, 0.29) is 17.6 Å². The monoisotopic (exact) mass is 366 g/mol. The highest BCUT2D eigenvalue weighted by Gasteiger charge is 2.33. The summed E-state index contributed by atoms with van der Waals surface area (Å²) in [4.78, 5) is 35.9. The van der Waals surface area contributed by atoms with Gasteiger partial charge in [-0.1, -0.05) is 70.0 Å². The van der Waals surface area contributed by atoms with Crippen LogP contribution in [0.3, 0.4) is 0 Å². The lowest BCUT2D eigenvalue weighted by molar-refractivity contribution is -0.131. The van der Waals surface area contributed by atoms with Crippen LogP contribution in [0.2, 0.25) is 0 Å². The van der Waals surface area contributed by atoms with Crippen LogP contribution < -0.4 is 0 Å². The first-order chi connectivity index (χ1) is 12.9. The molecule has 0 saturated carbocycles. The molecule has 0 heterocycles. The van der Waals surface area contributed by atoms with E-state index in [1.807, 2.05) is 44.2 Å². The zero-order valence-corrected chi connectivity index (χ0v) is 16.8. The molecule has 3 atom stereocenters. The van der Waals surface area contributed by atoms with Gasteiger partial charge in [-0.15, -0.1) is 0 Å². The summed E-state index contributed by atoms with van der Waals surface area (Å²) in [5.41, 5.74) is 3.89. The number of hydrogen-bond acceptors (Lipinski definition) is 3. The Bertz CT molecular complexity index is 770. The van der Waals surface area contributed by atoms with E-state index >= 15 is 0 Å². The smallest absolute Gasteiger partial charge is 0.201 e. The van der Waals surface area contributed by atoms with Crippen LogP contribution in [-0.4, -0.2) is 17.9 Å². The number of Topliss-reactive ketones (excluding diaryl/α,β-unsaturated/α-hetero) is 2. The van der Waals surface area contributed by atoms with Crippen LogP contribution in [0, 0.1) is 11.8 Å². The molecule has 0 spiro atoms. The maximum Gasteiger partial charge on any atom is 0.201 e. The Kier molecular flexibility index (Phi) is 7.46. The van der Waals surface area contributed by atoms with Crippen molar-refractivity contribution in [2.45, 2.75) is 59.3 Å². The molecule has 1 aromatic rings. The maximum absolute atomic E-state index is 13.0. The third-order valence-corrected chi connectivity index (χ3v) is 5.66. The number of ketones is 2. The van der Waals surface area contributed by atoms with Gasteiger partial charge in [-0.25, -0.2) is 0 Å². The number of benzene rings is 1. The first kappa shape index (κ1) is 21.0. The fourth-order valence-electron chi connectivity index (χ4n) is 3.68. The molecule has 27 heavy (non-hydrogen) atoms. The molecule has 0 fully saturated rings. The summed E-state index contributed by atoms with van der Waals surface area (Å²) in [5.74, 6) is -0.553. The minimum atomic E-state index is -0.420. The van der Waals surface area contributed by atoms with E-state index < -0.39 is 11.7 Å². The largest absolute Gasteiger partial charge is 0.295 e. The summed E-state index contributed by atoms with van der Waals surface area (Å²) in [6, 6.07) is 8.08. The predicted octanol–water partition coefficient (Wildman–Crippen LogP) is 5.30. The van der Waals surface area contributed by atoms with Crippen LogP contribution in [0.15, 0.2) is 42.0 Å². The van der Waals surface area contributed by atoms with Crippen molar-refractivity contribution >= 4 is 23.4 Å². The molecular weight excluding hydrogens is 336 g/mol. The van der Waals surface area contributed by atoms with E-state index in [4.69, 9.17) is 0 Å². The molecule has 0 aliphatic heterocycles. The molecule has 1 aromatic carbocycles. The summed E-state index contributed by atoms with van der Waals surface area (Å²) >= 11 is 0. The molecule has 2 rings (SSSR count). The standard InChI is InChI=1S/C24H30O3/c1-5-7-10-18(13-19(6-2)23(26)15-25)14-22-21-12-9-8-11-20(21)16(3)17(4)24(22)27/h8-9,11-17,19H,5-7,10H2,1-4H3/b18-13+,22-14-. The van der Waals surface area contributed by atoms with Gasteiger partial charge in [0.1, 0.15) is 0 Å². The first-order valence-electron chi connectivity index (χ1n) is 9.99. The Balaban J connectivity index is 2.54. The molecule has 0 amide bonds. The lowest BCUT2D eigenvalue weighted by Gasteiger charge is -2.29. The SMILES string of the molecule is CCCCC(/C=C1\C(=O)C(C)C(C)c2ccccc21)=C\C(CC)C(=O)C=O. The number of unbranched alkanes of at least 4 members (excludes halogenated alkanes) is 1. The fraction of sp³-hybridized carbons (Fsp3) is 0.458. The van der Waals surface area contributed by atoms with Gasteiger partial charge in [0, 0.05) is 17.4 Å². The van der Waals surface area contributed by atoms with Crippen molar-refractivity contribution in [2.75, 3.05) is 0 Å². The minimum absolute atomic E-state index is 0.0721. The lowest BCUT2D eigenvalue weighted by atomic mass is 9.73. The molecule has 0 bridgehead atoms. The first-order valence-corrected chi connectivity index (χ1v) is 9.99. The van der Waals surface area contributed by atoms with Crippen molar-refractivity contribution in [3.05, 3.63) is 53.1 Å². The van der Waals surface area contributed by atoms with Crippen molar-refractivity contribution in [1.29, 1.82) is 0 Å². The Morgan fingerprint density at radius 3 is 2.48 bits per heavy atom. The van der Waals surface area contributed by atoms with E-state index in [9.17, 15) is 14.4 Å². The second-order valence-corrected chi connectivity index (χ2v) is 7.47. The predicted molar refractivity (Wildman–Crippen MR) is 109 cm³/mol. The summed E-state index contributed by atoms with van der Waals surface area (Å²) in [5, 5.41) is 0. The molecule has 0 N–H and O–H groups in total. The lowest BCUT2D eigenvalue weighted by Crippen LogP contribution is -2.25. The van der Waals surface area contributed by atoms with Gasteiger partial charge in [-0.3, -0.25) is 14.4 Å². The molecule has 1 aliphatic carbocycles. The Morgan fingerprint density at radius 1 is 1.15 bits per heavy atom. The second kappa shape index (κ2) is 9.59. The van der Waals surface area contributed by atoms with E-state index in [0.29, 0.717) is 12.7 Å². The second-order valence-electron chi connectivity index (χ2n) is 7.47. The number of carbonyl (C=O) groups excluding carboxylic acids is 3. The van der Waals surface area contributed by atoms with Crippen molar-refractivity contribution in [3.63, 3.8) is 0 Å². The third-order valence-electron chi connectivity index (χ3n) is 5.66. The van der Waals surface area contributed by atoms with E-state index in [1.165, 1.54) is 5.56 Å². The Morgan fingerprint density at radius 2 is 1.85 bits per heavy atom. The van der Waals surface area contributed by atoms with Gasteiger partial charge in [0.05, 0.1) is 0 Å². The van der Waals surface area contributed by atoms with Gasteiger partial charge in [-0.2, -0.15) is 0 Å². The van der Waals surface area contributed by atoms with Crippen molar-refractivity contribution in [1.82, 2.24) is 0 Å². The van der Waals surface area contributed by atoms with Crippen LogP contribution in [-0.2, 0) is 14.4 Å². The zero-order valence-electron chi connectivity index (χ0n) is 16.8. The summed E-state index contributed by atoms with van der Waals surface area (Å²) in [6.45, 7) is 8.10. The Labute approximate surface area is 162 Å². The van der Waals surface area contributed by atoms with Crippen molar-refractivity contribution in [2.24, 2.45) is 11.8 Å². The van der Waals surface area contributed by atoms with E-state index in [0.717, 1.165) is 36.0 Å². The highest BCUT2D eigenvalue weighted by Crippen LogP contribution is 2.40. The quantitative estimate of drug-likeness (QED) is 0.356. The normalized spacial score (nSPS) is 22.4. The van der Waals surface area contributed by atoms with E-state index in [2.05, 4.69) is 19.9 Å². The summed E-state index contributed by atoms with van der Waals surface area (Å²) in [6.07, 6.45) is 7.62. The van der Waals surface area contributed by atoms with Gasteiger partial charge in [-0.05, 0) is 42.4 Å². The van der Waals surface area contributed by atoms with Gasteiger partial charge >= 0.3 is 0 Å². The van der Waals surface area contributed by atoms with E-state index in [1.54, 1.807) is 0 Å². The molecular formula is C24H30O3. The highest BCUT2D eigenvalue weighted by molar-refractivity contribution is 6.26. The highest BCUT2D eigenvalue weighted by atomic mass is 16.2. The zero-order chi connectivity index (χ0) is 20.0. The third kappa shape index (κ3) is 4.71. The van der Waals surface area contributed by atoms with Crippen LogP contribution in [0.5, 0.6) is 0 Å². The van der Waals surface area contributed by atoms with Crippen LogP contribution in [0.1, 0.15) is 70.4 Å². The number of aldehydes is 1. The molecule has 0 radical (unpaired) electrons. The van der Waals surface area contributed by atoms with Gasteiger partial charge in [0.25, 0.3) is 0 Å².